The van der Waals surface area contributed by atoms with Gasteiger partial charge < -0.3 is 5.32 Å². The minimum Gasteiger partial charge on any atom is -0.344 e. The van der Waals surface area contributed by atoms with E-state index in [4.69, 9.17) is 0 Å². The van der Waals surface area contributed by atoms with E-state index < -0.39 is 0 Å². The summed E-state index contributed by atoms with van der Waals surface area (Å²) >= 11 is 0. The largest absolute Gasteiger partial charge is 0.344 e. The highest BCUT2D eigenvalue weighted by Gasteiger charge is 2.13. The van der Waals surface area contributed by atoms with Crippen molar-refractivity contribution < 1.29 is 5.32 Å². The molecule has 0 aliphatic carbocycles. The normalized spacial score (nSPS) is 23.0. The summed E-state index contributed by atoms with van der Waals surface area (Å²) in [6.07, 6.45) is 0. The first-order valence-corrected chi connectivity index (χ1v) is 3.86. The summed E-state index contributed by atoms with van der Waals surface area (Å²) in [7, 11) is 0. The Hall–Kier alpha value is -0.0800. The minimum absolute atomic E-state index is 0.749. The van der Waals surface area contributed by atoms with Gasteiger partial charge in [-0.25, -0.2) is 0 Å². The zero-order valence-electron chi connectivity index (χ0n) is 6.43. The molecule has 2 nitrogen and oxygen atoms in total. The van der Waals surface area contributed by atoms with E-state index in [-0.39, 0.29) is 0 Å². The van der Waals surface area contributed by atoms with Crippen LogP contribution in [0.15, 0.2) is 0 Å². The third-order valence-corrected chi connectivity index (χ3v) is 1.97. The van der Waals surface area contributed by atoms with Crippen molar-refractivity contribution in [3.05, 3.63) is 0 Å². The van der Waals surface area contributed by atoms with Crippen LogP contribution in [0.5, 0.6) is 0 Å². The van der Waals surface area contributed by atoms with Crippen molar-refractivity contribution in [1.82, 2.24) is 4.90 Å². The molecular formula is C7H17N2+. The Morgan fingerprint density at radius 1 is 1.22 bits per heavy atom. The van der Waals surface area contributed by atoms with Crippen LogP contribution in [0.3, 0.4) is 0 Å². The second-order valence-electron chi connectivity index (χ2n) is 3.00. The highest BCUT2D eigenvalue weighted by atomic mass is 15.2. The van der Waals surface area contributed by atoms with Gasteiger partial charge in [0.05, 0.1) is 13.1 Å². The molecule has 0 aromatic rings. The van der Waals surface area contributed by atoms with Crippen LogP contribution >= 0.6 is 0 Å². The molecule has 1 heterocycles. The Labute approximate surface area is 57.2 Å². The van der Waals surface area contributed by atoms with E-state index in [1.807, 2.05) is 0 Å². The van der Waals surface area contributed by atoms with Gasteiger partial charge in [-0.05, 0) is 13.8 Å². The Kier molecular flexibility index (Phi) is 2.49. The van der Waals surface area contributed by atoms with Crippen molar-refractivity contribution in [1.29, 1.82) is 0 Å². The second kappa shape index (κ2) is 3.18. The molecule has 1 aliphatic heterocycles. The van der Waals surface area contributed by atoms with E-state index in [1.54, 1.807) is 0 Å². The van der Waals surface area contributed by atoms with Gasteiger partial charge in [-0.1, -0.05) is 0 Å². The fourth-order valence-corrected chi connectivity index (χ4v) is 1.29. The summed E-state index contributed by atoms with van der Waals surface area (Å²) in [6.45, 7) is 9.67. The van der Waals surface area contributed by atoms with Crippen molar-refractivity contribution in [2.75, 3.05) is 26.2 Å². The standard InChI is InChI=1S/C7H16N2/c1-7(2)9-5-3-8-4-6-9/h7-8H,3-6H2,1-2H3/p+1. The average Bonchev–Trinajstić information content (AvgIpc) is 1.90. The maximum atomic E-state index is 2.53. The predicted octanol–water partition coefficient (Wildman–Crippen LogP) is -0.726. The number of quaternary nitrogens is 1. The number of rotatable bonds is 1. The fraction of sp³-hybridized carbons (Fsp3) is 1.00. The smallest absolute Gasteiger partial charge is 0.0885 e. The molecule has 2 N–H and O–H groups in total. The topological polar surface area (TPSA) is 19.9 Å². The summed E-state index contributed by atoms with van der Waals surface area (Å²) in [4.78, 5) is 2.53. The number of hydrogen-bond donors (Lipinski definition) is 1. The lowest BCUT2D eigenvalue weighted by molar-refractivity contribution is -0.663. The van der Waals surface area contributed by atoms with Gasteiger partial charge in [0.15, 0.2) is 0 Å². The van der Waals surface area contributed by atoms with Crippen LogP contribution in [0.25, 0.3) is 0 Å². The molecule has 1 aliphatic rings. The maximum absolute atomic E-state index is 2.53. The first-order valence-electron chi connectivity index (χ1n) is 3.86. The van der Waals surface area contributed by atoms with Crippen LogP contribution in [0, 0.1) is 0 Å². The lowest BCUT2D eigenvalue weighted by Crippen LogP contribution is -2.89. The Balaban J connectivity index is 2.23. The van der Waals surface area contributed by atoms with E-state index in [2.05, 4.69) is 24.1 Å². The zero-order chi connectivity index (χ0) is 6.69. The third-order valence-electron chi connectivity index (χ3n) is 1.97. The van der Waals surface area contributed by atoms with Crippen LogP contribution < -0.4 is 5.32 Å². The van der Waals surface area contributed by atoms with Crippen molar-refractivity contribution in [2.24, 2.45) is 0 Å². The molecule has 0 aromatic heterocycles. The summed E-state index contributed by atoms with van der Waals surface area (Å²) in [5.41, 5.74) is 0. The molecular weight excluding hydrogens is 112 g/mol. The fourth-order valence-electron chi connectivity index (χ4n) is 1.29. The molecule has 0 aromatic carbocycles. The molecule has 0 radical (unpaired) electrons. The summed E-state index contributed by atoms with van der Waals surface area (Å²) < 4.78 is 0. The number of hydrogen-bond acceptors (Lipinski definition) is 1. The first kappa shape index (κ1) is 7.03. The number of nitrogens with zero attached hydrogens (tertiary/aromatic N) is 1. The molecule has 1 fully saturated rings. The molecule has 0 amide bonds. The lowest BCUT2D eigenvalue weighted by atomic mass is 10.3. The Morgan fingerprint density at radius 3 is 2.11 bits per heavy atom. The molecule has 1 saturated heterocycles. The molecule has 9 heavy (non-hydrogen) atoms. The molecule has 1 rings (SSSR count). The minimum atomic E-state index is 0.749. The molecule has 54 valence electrons. The lowest BCUT2D eigenvalue weighted by Gasteiger charge is -2.28. The SMILES string of the molecule is CC(C)N1CC[NH2+]CC1. The Bertz CT molecular complexity index is 75.0. The van der Waals surface area contributed by atoms with Gasteiger partial charge in [0, 0.05) is 19.1 Å². The van der Waals surface area contributed by atoms with Crippen LogP contribution in [-0.2, 0) is 0 Å². The number of nitrogens with two attached hydrogens (primary N) is 1. The van der Waals surface area contributed by atoms with Crippen molar-refractivity contribution in [3.8, 4) is 0 Å². The van der Waals surface area contributed by atoms with Crippen molar-refractivity contribution >= 4 is 0 Å². The highest BCUT2D eigenvalue weighted by molar-refractivity contribution is 4.62. The van der Waals surface area contributed by atoms with E-state index in [0.717, 1.165) is 6.04 Å². The van der Waals surface area contributed by atoms with Gasteiger partial charge in [-0.2, -0.15) is 0 Å². The van der Waals surface area contributed by atoms with Crippen molar-refractivity contribution in [3.63, 3.8) is 0 Å². The summed E-state index contributed by atoms with van der Waals surface area (Å²) in [6, 6.07) is 0.749. The first-order chi connectivity index (χ1) is 4.30. The average molecular weight is 129 g/mol. The number of piperazine rings is 1. The van der Waals surface area contributed by atoms with Gasteiger partial charge in [0.1, 0.15) is 0 Å². The van der Waals surface area contributed by atoms with E-state index in [0.29, 0.717) is 0 Å². The zero-order valence-corrected chi connectivity index (χ0v) is 6.43. The van der Waals surface area contributed by atoms with E-state index in [1.165, 1.54) is 26.2 Å². The van der Waals surface area contributed by atoms with Gasteiger partial charge in [0.2, 0.25) is 0 Å². The van der Waals surface area contributed by atoms with Crippen LogP contribution in [0.1, 0.15) is 13.8 Å². The maximum Gasteiger partial charge on any atom is 0.0885 e. The third kappa shape index (κ3) is 1.95. The molecule has 0 spiro atoms. The molecule has 0 saturated carbocycles. The van der Waals surface area contributed by atoms with E-state index >= 15 is 0 Å². The summed E-state index contributed by atoms with van der Waals surface area (Å²) in [5.74, 6) is 0. The Morgan fingerprint density at radius 2 is 1.78 bits per heavy atom. The molecule has 0 unspecified atom stereocenters. The van der Waals surface area contributed by atoms with Crippen LogP contribution in [0.2, 0.25) is 0 Å². The predicted molar refractivity (Wildman–Crippen MR) is 38.4 cm³/mol. The van der Waals surface area contributed by atoms with Crippen LogP contribution in [0.4, 0.5) is 0 Å². The van der Waals surface area contributed by atoms with Gasteiger partial charge in [-0.3, -0.25) is 4.90 Å². The second-order valence-corrected chi connectivity index (χ2v) is 3.00. The van der Waals surface area contributed by atoms with Gasteiger partial charge in [0.25, 0.3) is 0 Å². The van der Waals surface area contributed by atoms with Gasteiger partial charge >= 0.3 is 0 Å². The quantitative estimate of drug-likeness (QED) is 0.495. The molecule has 2 heteroatoms. The van der Waals surface area contributed by atoms with Crippen LogP contribution in [-0.4, -0.2) is 37.1 Å². The molecule has 0 atom stereocenters. The van der Waals surface area contributed by atoms with Gasteiger partial charge in [-0.15, -0.1) is 0 Å². The van der Waals surface area contributed by atoms with Crippen molar-refractivity contribution in [2.45, 2.75) is 19.9 Å². The molecule has 0 bridgehead atoms. The monoisotopic (exact) mass is 129 g/mol. The van der Waals surface area contributed by atoms with E-state index in [9.17, 15) is 0 Å². The highest BCUT2D eigenvalue weighted by Crippen LogP contribution is 1.95. The summed E-state index contributed by atoms with van der Waals surface area (Å²) in [5, 5.41) is 2.39.